The van der Waals surface area contributed by atoms with Crippen molar-refractivity contribution < 1.29 is 39.1 Å². The van der Waals surface area contributed by atoms with Crippen LogP contribution < -0.4 is 4.74 Å². The molecule has 2 aromatic heterocycles. The molecule has 1 aliphatic rings. The van der Waals surface area contributed by atoms with Crippen molar-refractivity contribution in [1.29, 1.82) is 0 Å². The van der Waals surface area contributed by atoms with Crippen LogP contribution >= 0.6 is 0 Å². The lowest BCUT2D eigenvalue weighted by molar-refractivity contribution is -0.140. The maximum atomic E-state index is 12.7. The number of aryl methyl sites for hydroxylation is 1. The molecule has 0 radical (unpaired) electrons. The van der Waals surface area contributed by atoms with Crippen molar-refractivity contribution in [2.45, 2.75) is 38.9 Å². The first-order valence-corrected chi connectivity index (χ1v) is 12.7. The van der Waals surface area contributed by atoms with E-state index in [2.05, 4.69) is 15.0 Å². The lowest BCUT2D eigenvalue weighted by Crippen LogP contribution is -2.13. The number of carbonyl (C=O) groups is 2. The van der Waals surface area contributed by atoms with Crippen LogP contribution in [0.2, 0.25) is 0 Å². The average molecular weight is 558 g/mol. The van der Waals surface area contributed by atoms with Gasteiger partial charge in [0.15, 0.2) is 5.78 Å². The van der Waals surface area contributed by atoms with Crippen LogP contribution in [-0.4, -0.2) is 49.1 Å². The molecule has 5 rings (SSSR count). The predicted octanol–water partition coefficient (Wildman–Crippen LogP) is 4.61. The largest absolute Gasteiger partial charge is 0.507 e. The number of phenolic OH excluding ortho intramolecular Hbond substituents is 2. The fourth-order valence-corrected chi connectivity index (χ4v) is 4.94. The number of methoxy groups -OCH3 is 1. The topological polar surface area (TPSA) is 161 Å². The van der Waals surface area contributed by atoms with Gasteiger partial charge in [0.25, 0.3) is 0 Å². The Morgan fingerprint density at radius 2 is 1.80 bits per heavy atom. The van der Waals surface area contributed by atoms with Gasteiger partial charge in [0, 0.05) is 46.8 Å². The molecule has 0 amide bonds. The zero-order valence-corrected chi connectivity index (χ0v) is 22.5. The number of Topliss-reactive ketones (excluding diaryl/α,β-unsaturated/α-hetero) is 1. The molecule has 0 saturated heterocycles. The maximum Gasteiger partial charge on any atom is 0.321 e. The summed E-state index contributed by atoms with van der Waals surface area (Å²) >= 11 is 0. The molecule has 0 bridgehead atoms. The first-order chi connectivity index (χ1) is 19.7. The number of hydrogen-bond donors (Lipinski definition) is 3. The molecule has 0 fully saturated rings. The number of aromatic nitrogens is 3. The predicted molar refractivity (Wildman–Crippen MR) is 144 cm³/mol. The van der Waals surface area contributed by atoms with Crippen LogP contribution in [0.5, 0.6) is 29.0 Å². The number of benzene rings is 2. The lowest BCUT2D eigenvalue weighted by atomic mass is 9.83. The van der Waals surface area contributed by atoms with Crippen LogP contribution in [-0.2, 0) is 20.9 Å². The smallest absolute Gasteiger partial charge is 0.321 e. The summed E-state index contributed by atoms with van der Waals surface area (Å²) in [5.41, 5.74) is 1.84. The van der Waals surface area contributed by atoms with Gasteiger partial charge in [-0.1, -0.05) is 12.1 Å². The van der Waals surface area contributed by atoms with E-state index >= 15 is 0 Å². The van der Waals surface area contributed by atoms with Crippen molar-refractivity contribution in [2.24, 2.45) is 0 Å². The number of carbonyl (C=O) groups excluding carboxylic acids is 2. The fourth-order valence-electron chi connectivity index (χ4n) is 4.94. The Morgan fingerprint density at radius 1 is 1.05 bits per heavy atom. The van der Waals surface area contributed by atoms with E-state index in [1.165, 1.54) is 32.5 Å². The Morgan fingerprint density at radius 3 is 2.51 bits per heavy atom. The van der Waals surface area contributed by atoms with Gasteiger partial charge in [0.1, 0.15) is 29.1 Å². The average Bonchev–Trinajstić information content (AvgIpc) is 3.39. The van der Waals surface area contributed by atoms with Crippen molar-refractivity contribution >= 4 is 11.8 Å². The highest BCUT2D eigenvalue weighted by Gasteiger charge is 2.36. The molecule has 4 aromatic rings. The number of esters is 1. The van der Waals surface area contributed by atoms with Gasteiger partial charge in [-0.15, -0.1) is 0 Å². The molecule has 0 spiro atoms. The van der Waals surface area contributed by atoms with E-state index in [9.17, 15) is 24.9 Å². The quantitative estimate of drug-likeness (QED) is 0.205. The van der Waals surface area contributed by atoms with Crippen molar-refractivity contribution in [3.8, 4) is 29.0 Å². The highest BCUT2D eigenvalue weighted by molar-refractivity contribution is 5.98. The number of fused-ring (bicyclic) bond motifs is 1. The summed E-state index contributed by atoms with van der Waals surface area (Å²) in [6, 6.07) is 9.72. The summed E-state index contributed by atoms with van der Waals surface area (Å²) in [6.45, 7) is 3.02. The van der Waals surface area contributed by atoms with Gasteiger partial charge in [-0.25, -0.2) is 9.97 Å². The van der Waals surface area contributed by atoms with E-state index in [1.807, 2.05) is 0 Å². The third-order valence-electron chi connectivity index (χ3n) is 6.98. The van der Waals surface area contributed by atoms with Crippen LogP contribution in [0, 0.1) is 6.92 Å². The number of ketones is 1. The zero-order chi connectivity index (χ0) is 29.3. The van der Waals surface area contributed by atoms with Gasteiger partial charge in [-0.05, 0) is 43.7 Å². The summed E-state index contributed by atoms with van der Waals surface area (Å²) < 4.78 is 16.6. The molecule has 2 atom stereocenters. The van der Waals surface area contributed by atoms with Crippen LogP contribution in [0.25, 0.3) is 0 Å². The first kappa shape index (κ1) is 27.5. The van der Waals surface area contributed by atoms with Gasteiger partial charge in [0.05, 0.1) is 31.4 Å². The van der Waals surface area contributed by atoms with Gasteiger partial charge in [-0.3, -0.25) is 14.6 Å². The molecule has 1 aliphatic heterocycles. The molecular weight excluding hydrogens is 530 g/mol. The van der Waals surface area contributed by atoms with E-state index in [1.54, 1.807) is 43.5 Å². The number of aromatic hydroxyl groups is 3. The van der Waals surface area contributed by atoms with Crippen molar-refractivity contribution in [1.82, 2.24) is 15.0 Å². The van der Waals surface area contributed by atoms with Crippen molar-refractivity contribution in [3.05, 3.63) is 94.1 Å². The Hall–Kier alpha value is -5.03. The number of pyridine rings is 1. The molecule has 0 aliphatic carbocycles. The van der Waals surface area contributed by atoms with Gasteiger partial charge >= 0.3 is 12.0 Å². The third kappa shape index (κ3) is 5.27. The van der Waals surface area contributed by atoms with E-state index in [-0.39, 0.29) is 41.5 Å². The zero-order valence-electron chi connectivity index (χ0n) is 22.5. The molecular formula is C30H27N3O8. The summed E-state index contributed by atoms with van der Waals surface area (Å²) in [5.74, 6) is -2.72. The van der Waals surface area contributed by atoms with Crippen LogP contribution in [0.4, 0.5) is 0 Å². The molecule has 210 valence electrons. The molecule has 0 saturated carbocycles. The van der Waals surface area contributed by atoms with E-state index in [0.717, 1.165) is 0 Å². The van der Waals surface area contributed by atoms with Crippen molar-refractivity contribution in [2.75, 3.05) is 7.11 Å². The Labute approximate surface area is 235 Å². The summed E-state index contributed by atoms with van der Waals surface area (Å²) in [4.78, 5) is 37.6. The van der Waals surface area contributed by atoms with Gasteiger partial charge in [-0.2, -0.15) is 0 Å². The van der Waals surface area contributed by atoms with Crippen LogP contribution in [0.1, 0.15) is 69.2 Å². The standard InChI is InChI=1S/C30H27N3O8/c1-15-26(36)24-18(13-33-15)14-40-29(24)22-11-20(16(2)34)27(37)25(28(22)38)21(12-23(35)39-3)17-6-4-7-19(10-17)41-30-31-8-5-9-32-30/h4-11,13,21,29,36-38H,12,14H2,1-3H3/t21-,29-/m0/s1. The number of hydrogen-bond acceptors (Lipinski definition) is 11. The van der Waals surface area contributed by atoms with Crippen LogP contribution in [0.3, 0.4) is 0 Å². The summed E-state index contributed by atoms with van der Waals surface area (Å²) in [7, 11) is 1.23. The van der Waals surface area contributed by atoms with E-state index in [0.29, 0.717) is 28.1 Å². The van der Waals surface area contributed by atoms with Crippen LogP contribution in [0.15, 0.2) is 55.0 Å². The Kier molecular flexibility index (Phi) is 7.54. The number of phenols is 2. The molecule has 0 unspecified atom stereocenters. The van der Waals surface area contributed by atoms with E-state index in [4.69, 9.17) is 14.2 Å². The SMILES string of the molecule is COC(=O)C[C@@H](c1cccc(Oc2ncccn2)c1)c1c(O)c(C(C)=O)cc([C@@H]2OCc3cnc(C)c(O)c32)c1O. The fraction of sp³-hybridized carbons (Fsp3) is 0.233. The van der Waals surface area contributed by atoms with E-state index < -0.39 is 35.3 Å². The number of ether oxygens (including phenoxy) is 3. The number of rotatable bonds is 8. The minimum atomic E-state index is -0.977. The monoisotopic (exact) mass is 557 g/mol. The summed E-state index contributed by atoms with van der Waals surface area (Å²) in [6.07, 6.45) is 3.37. The highest BCUT2D eigenvalue weighted by atomic mass is 16.5. The molecule has 2 aromatic carbocycles. The number of nitrogens with zero attached hydrogens (tertiary/aromatic N) is 3. The van der Waals surface area contributed by atoms with Gasteiger partial charge in [0.2, 0.25) is 0 Å². The highest BCUT2D eigenvalue weighted by Crippen LogP contribution is 2.50. The van der Waals surface area contributed by atoms with Gasteiger partial charge < -0.3 is 29.5 Å². The molecule has 41 heavy (non-hydrogen) atoms. The summed E-state index contributed by atoms with van der Waals surface area (Å²) in [5, 5.41) is 33.8. The second-order valence-electron chi connectivity index (χ2n) is 9.54. The molecule has 3 N–H and O–H groups in total. The molecule has 11 nitrogen and oxygen atoms in total. The molecule has 3 heterocycles. The first-order valence-electron chi connectivity index (χ1n) is 12.7. The second kappa shape index (κ2) is 11.2. The third-order valence-corrected chi connectivity index (χ3v) is 6.98. The molecule has 11 heteroatoms. The minimum Gasteiger partial charge on any atom is -0.507 e. The Balaban J connectivity index is 1.69. The Bertz CT molecular complexity index is 1640. The minimum absolute atomic E-state index is 0.0754. The lowest BCUT2D eigenvalue weighted by Gasteiger charge is -2.25. The maximum absolute atomic E-state index is 12.7. The second-order valence-corrected chi connectivity index (χ2v) is 9.54. The van der Waals surface area contributed by atoms with Crippen molar-refractivity contribution in [3.63, 3.8) is 0 Å². The normalized spacial score (nSPS) is 14.8.